The Balaban J connectivity index is 1.71. The van der Waals surface area contributed by atoms with Crippen molar-refractivity contribution in [2.24, 2.45) is 0 Å². The number of nitrogens with one attached hydrogen (secondary N) is 1. The zero-order valence-corrected chi connectivity index (χ0v) is 17.3. The van der Waals surface area contributed by atoms with Crippen LogP contribution in [-0.2, 0) is 31.7 Å². The maximum absolute atomic E-state index is 13.0. The summed E-state index contributed by atoms with van der Waals surface area (Å²) in [6.45, 7) is 0.884. The Morgan fingerprint density at radius 1 is 1.03 bits per heavy atom. The first kappa shape index (κ1) is 21.0. The molecule has 6 nitrogen and oxygen atoms in total. The van der Waals surface area contributed by atoms with Crippen LogP contribution in [0.1, 0.15) is 42.0 Å². The molecule has 154 valence electrons. The van der Waals surface area contributed by atoms with Gasteiger partial charge >= 0.3 is 0 Å². The molecule has 1 heterocycles. The van der Waals surface area contributed by atoms with Crippen LogP contribution in [-0.4, -0.2) is 37.9 Å². The van der Waals surface area contributed by atoms with E-state index in [-0.39, 0.29) is 17.6 Å². The highest BCUT2D eigenvalue weighted by Crippen LogP contribution is 2.26. The van der Waals surface area contributed by atoms with E-state index >= 15 is 0 Å². The number of carbonyl (C=O) groups is 2. The minimum atomic E-state index is -3.08. The molecule has 1 atom stereocenters. The van der Waals surface area contributed by atoms with E-state index in [1.807, 2.05) is 42.5 Å². The Kier molecular flexibility index (Phi) is 6.69. The topological polar surface area (TPSA) is 83.6 Å². The molecule has 0 bridgehead atoms. The maximum Gasteiger partial charge on any atom is 0.247 e. The predicted molar refractivity (Wildman–Crippen MR) is 112 cm³/mol. The van der Waals surface area contributed by atoms with E-state index in [1.54, 1.807) is 17.0 Å². The number of sulfone groups is 1. The lowest BCUT2D eigenvalue weighted by Crippen LogP contribution is -2.45. The van der Waals surface area contributed by atoms with Crippen LogP contribution in [0.25, 0.3) is 0 Å². The van der Waals surface area contributed by atoms with Gasteiger partial charge in [0.25, 0.3) is 0 Å². The fourth-order valence-electron chi connectivity index (χ4n) is 3.55. The molecule has 0 saturated carbocycles. The zero-order valence-electron chi connectivity index (χ0n) is 16.5. The van der Waals surface area contributed by atoms with Gasteiger partial charge in [-0.2, -0.15) is 0 Å². The van der Waals surface area contributed by atoms with E-state index in [0.717, 1.165) is 24.0 Å². The largest absolute Gasteiger partial charge is 0.350 e. The monoisotopic (exact) mass is 414 g/mol. The molecule has 2 aromatic rings. The van der Waals surface area contributed by atoms with E-state index in [1.165, 1.54) is 6.26 Å². The molecular weight excluding hydrogens is 388 g/mol. The van der Waals surface area contributed by atoms with Gasteiger partial charge in [0.05, 0.1) is 5.75 Å². The fourth-order valence-corrected chi connectivity index (χ4v) is 4.35. The minimum absolute atomic E-state index is 0.00498. The third-order valence-electron chi connectivity index (χ3n) is 4.95. The quantitative estimate of drug-likeness (QED) is 0.755. The first-order valence-electron chi connectivity index (χ1n) is 9.71. The number of rotatable bonds is 7. The van der Waals surface area contributed by atoms with Crippen LogP contribution in [0.3, 0.4) is 0 Å². The molecule has 0 aromatic heterocycles. The number of likely N-dealkylation sites (tertiary alicyclic amines) is 1. The number of nitrogens with zero attached hydrogens (tertiary/aromatic N) is 1. The van der Waals surface area contributed by atoms with Gasteiger partial charge in [0.2, 0.25) is 11.8 Å². The van der Waals surface area contributed by atoms with Crippen molar-refractivity contribution in [3.05, 3.63) is 71.3 Å². The Hall–Kier alpha value is -2.67. The molecule has 1 aliphatic rings. The molecule has 7 heteroatoms. The number of amides is 2. The smallest absolute Gasteiger partial charge is 0.247 e. The van der Waals surface area contributed by atoms with Gasteiger partial charge in [-0.1, -0.05) is 54.6 Å². The van der Waals surface area contributed by atoms with Gasteiger partial charge in [-0.05, 0) is 29.5 Å². The number of hydrogen-bond acceptors (Lipinski definition) is 4. The lowest BCUT2D eigenvalue weighted by atomic mass is 10.0. The number of piperidine rings is 1. The first-order valence-corrected chi connectivity index (χ1v) is 11.8. The van der Waals surface area contributed by atoms with Crippen molar-refractivity contribution < 1.29 is 18.0 Å². The lowest BCUT2D eigenvalue weighted by Gasteiger charge is -2.34. The summed E-state index contributed by atoms with van der Waals surface area (Å²) >= 11 is 0. The molecule has 1 aliphatic heterocycles. The third kappa shape index (κ3) is 5.90. The molecule has 0 radical (unpaired) electrons. The van der Waals surface area contributed by atoms with Crippen LogP contribution in [0, 0.1) is 0 Å². The number of hydrogen-bond donors (Lipinski definition) is 1. The van der Waals surface area contributed by atoms with Crippen LogP contribution >= 0.6 is 0 Å². The van der Waals surface area contributed by atoms with E-state index in [0.29, 0.717) is 25.1 Å². The summed E-state index contributed by atoms with van der Waals surface area (Å²) < 4.78 is 22.8. The highest BCUT2D eigenvalue weighted by molar-refractivity contribution is 7.89. The average molecular weight is 415 g/mol. The normalized spacial score (nSPS) is 15.8. The highest BCUT2D eigenvalue weighted by atomic mass is 32.2. The number of carbonyl (C=O) groups excluding carboxylic acids is 2. The molecule has 1 saturated heterocycles. The van der Waals surface area contributed by atoms with E-state index < -0.39 is 15.9 Å². The van der Waals surface area contributed by atoms with Gasteiger partial charge in [0.1, 0.15) is 6.04 Å². The molecule has 2 aromatic carbocycles. The van der Waals surface area contributed by atoms with Crippen molar-refractivity contribution in [1.29, 1.82) is 0 Å². The Morgan fingerprint density at radius 3 is 2.31 bits per heavy atom. The highest BCUT2D eigenvalue weighted by Gasteiger charge is 2.32. The number of benzene rings is 2. The molecule has 1 N–H and O–H groups in total. The molecule has 0 spiro atoms. The first-order chi connectivity index (χ1) is 13.8. The second-order valence-electron chi connectivity index (χ2n) is 7.46. The van der Waals surface area contributed by atoms with Crippen LogP contribution < -0.4 is 5.32 Å². The fraction of sp³-hybridized carbons (Fsp3) is 0.364. The molecule has 1 unspecified atom stereocenters. The van der Waals surface area contributed by atoms with Crippen molar-refractivity contribution in [1.82, 2.24) is 10.2 Å². The summed E-state index contributed by atoms with van der Waals surface area (Å²) in [7, 11) is -3.08. The molecule has 0 aliphatic carbocycles. The van der Waals surface area contributed by atoms with Gasteiger partial charge < -0.3 is 10.2 Å². The minimum Gasteiger partial charge on any atom is -0.350 e. The van der Waals surface area contributed by atoms with Gasteiger partial charge in [-0.15, -0.1) is 0 Å². The second kappa shape index (κ2) is 9.22. The third-order valence-corrected chi connectivity index (χ3v) is 5.81. The summed E-state index contributed by atoms with van der Waals surface area (Å²) in [4.78, 5) is 27.1. The van der Waals surface area contributed by atoms with Crippen molar-refractivity contribution in [2.45, 2.75) is 37.6 Å². The second-order valence-corrected chi connectivity index (χ2v) is 9.60. The van der Waals surface area contributed by atoms with Gasteiger partial charge in [-0.25, -0.2) is 8.42 Å². The average Bonchev–Trinajstić information content (AvgIpc) is 2.69. The molecule has 29 heavy (non-hydrogen) atoms. The predicted octanol–water partition coefficient (Wildman–Crippen LogP) is 2.60. The maximum atomic E-state index is 13.0. The van der Waals surface area contributed by atoms with Crippen molar-refractivity contribution in [2.75, 3.05) is 12.8 Å². The Morgan fingerprint density at radius 2 is 1.69 bits per heavy atom. The Bertz CT molecular complexity index is 956. The molecule has 2 amide bonds. The summed E-state index contributed by atoms with van der Waals surface area (Å²) in [5, 5.41) is 2.93. The SMILES string of the molecule is CS(=O)(=O)Cc1ccc(CNC(=O)C(c2ccccc2)N2CCCCC2=O)cc1. The van der Waals surface area contributed by atoms with Crippen molar-refractivity contribution >= 4 is 21.7 Å². The summed E-state index contributed by atoms with van der Waals surface area (Å²) in [6.07, 6.45) is 3.42. The van der Waals surface area contributed by atoms with E-state index in [2.05, 4.69) is 5.32 Å². The summed E-state index contributed by atoms with van der Waals surface area (Å²) in [5.41, 5.74) is 2.37. The van der Waals surface area contributed by atoms with Crippen molar-refractivity contribution in [3.63, 3.8) is 0 Å². The standard InChI is InChI=1S/C22H26N2O4S/c1-29(27,28)16-18-12-10-17(11-13-18)15-23-22(26)21(19-7-3-2-4-8-19)24-14-6-5-9-20(24)25/h2-4,7-8,10-13,21H,5-6,9,14-16H2,1H3,(H,23,26). The molecule has 1 fully saturated rings. The van der Waals surface area contributed by atoms with Crippen molar-refractivity contribution in [3.8, 4) is 0 Å². The van der Waals surface area contributed by atoms with Crippen LogP contribution in [0.15, 0.2) is 54.6 Å². The summed E-state index contributed by atoms with van der Waals surface area (Å²) in [5.74, 6) is -0.218. The van der Waals surface area contributed by atoms with E-state index in [9.17, 15) is 18.0 Å². The zero-order chi connectivity index (χ0) is 20.9. The van der Waals surface area contributed by atoms with Gasteiger partial charge in [0, 0.05) is 25.8 Å². The van der Waals surface area contributed by atoms with Gasteiger partial charge in [-0.3, -0.25) is 9.59 Å². The van der Waals surface area contributed by atoms with Crippen LogP contribution in [0.5, 0.6) is 0 Å². The summed E-state index contributed by atoms with van der Waals surface area (Å²) in [6, 6.07) is 15.8. The molecular formula is C22H26N2O4S. The Labute approximate surface area is 171 Å². The lowest BCUT2D eigenvalue weighted by molar-refractivity contribution is -0.142. The van der Waals surface area contributed by atoms with E-state index in [4.69, 9.17) is 0 Å². The molecule has 3 rings (SSSR count). The van der Waals surface area contributed by atoms with Crippen LogP contribution in [0.2, 0.25) is 0 Å². The van der Waals surface area contributed by atoms with Gasteiger partial charge in [0.15, 0.2) is 9.84 Å². The van der Waals surface area contributed by atoms with Crippen LogP contribution in [0.4, 0.5) is 0 Å².